The van der Waals surface area contributed by atoms with Crippen molar-refractivity contribution in [3.63, 3.8) is 0 Å². The molecule has 20 heavy (non-hydrogen) atoms. The van der Waals surface area contributed by atoms with Gasteiger partial charge in [-0.15, -0.1) is 0 Å². The quantitative estimate of drug-likeness (QED) is 0.880. The van der Waals surface area contributed by atoms with Gasteiger partial charge in [-0.1, -0.05) is 0 Å². The van der Waals surface area contributed by atoms with Gasteiger partial charge in [-0.25, -0.2) is 9.97 Å². The van der Waals surface area contributed by atoms with E-state index in [0.717, 1.165) is 43.9 Å². The summed E-state index contributed by atoms with van der Waals surface area (Å²) in [6.45, 7) is 2.78. The average molecular weight is 279 g/mol. The maximum atomic E-state index is 9.65. The molecule has 0 saturated carbocycles. The Labute approximate surface area is 118 Å². The summed E-state index contributed by atoms with van der Waals surface area (Å²) in [5, 5.41) is 9.65. The van der Waals surface area contributed by atoms with Crippen LogP contribution in [0.2, 0.25) is 0 Å². The first-order valence-corrected chi connectivity index (χ1v) is 7.08. The molecule has 0 aliphatic carbocycles. The Hall–Kier alpha value is -1.24. The molecule has 3 heterocycles. The summed E-state index contributed by atoms with van der Waals surface area (Å²) in [5.41, 5.74) is 0.781. The Balaban J connectivity index is 1.64. The molecule has 2 aliphatic rings. The molecule has 0 radical (unpaired) electrons. The van der Waals surface area contributed by atoms with Gasteiger partial charge in [0.25, 0.3) is 0 Å². The molecule has 0 amide bonds. The molecule has 1 aromatic heterocycles. The van der Waals surface area contributed by atoms with Crippen LogP contribution in [0.3, 0.4) is 0 Å². The Bertz CT molecular complexity index is 461. The zero-order chi connectivity index (χ0) is 14.0. The van der Waals surface area contributed by atoms with Gasteiger partial charge in [-0.3, -0.25) is 0 Å². The minimum Gasteiger partial charge on any atom is -0.391 e. The summed E-state index contributed by atoms with van der Waals surface area (Å²) < 4.78 is 10.9. The van der Waals surface area contributed by atoms with Gasteiger partial charge in [0, 0.05) is 32.7 Å². The molecule has 1 atom stereocenters. The van der Waals surface area contributed by atoms with E-state index < -0.39 is 0 Å². The van der Waals surface area contributed by atoms with E-state index in [1.54, 1.807) is 13.4 Å². The van der Waals surface area contributed by atoms with E-state index in [-0.39, 0.29) is 11.7 Å². The van der Waals surface area contributed by atoms with E-state index >= 15 is 0 Å². The normalized spacial score (nSPS) is 25.3. The van der Waals surface area contributed by atoms with Crippen molar-refractivity contribution >= 4 is 5.82 Å². The second kappa shape index (κ2) is 5.63. The van der Waals surface area contributed by atoms with Crippen molar-refractivity contribution in [2.75, 3.05) is 31.7 Å². The van der Waals surface area contributed by atoms with Crippen LogP contribution in [-0.2, 0) is 16.1 Å². The molecule has 6 nitrogen and oxygen atoms in total. The van der Waals surface area contributed by atoms with Gasteiger partial charge < -0.3 is 19.5 Å². The van der Waals surface area contributed by atoms with E-state index in [0.29, 0.717) is 13.2 Å². The predicted octanol–water partition coefficient (Wildman–Crippen LogP) is 0.743. The summed E-state index contributed by atoms with van der Waals surface area (Å²) in [7, 11) is 1.66. The number of hydrogen-bond donors (Lipinski definition) is 1. The van der Waals surface area contributed by atoms with Gasteiger partial charge in [0.2, 0.25) is 0 Å². The molecule has 2 saturated heterocycles. The molecule has 0 aromatic carbocycles. The van der Waals surface area contributed by atoms with Crippen molar-refractivity contribution in [1.82, 2.24) is 9.97 Å². The number of anilines is 1. The fraction of sp³-hybridized carbons (Fsp3) is 0.714. The standard InChI is InChI=1S/C14H21N3O3/c1-19-8-11-6-13(16-10-15-11)17-4-2-14(3-5-17)7-12(18)9-20-14/h6,10,12,18H,2-5,7-9H2,1H3. The summed E-state index contributed by atoms with van der Waals surface area (Å²) in [6, 6.07) is 1.98. The van der Waals surface area contributed by atoms with E-state index in [1.807, 2.05) is 6.07 Å². The topological polar surface area (TPSA) is 67.7 Å². The van der Waals surface area contributed by atoms with Crippen LogP contribution in [0.5, 0.6) is 0 Å². The second-order valence-electron chi connectivity index (χ2n) is 5.64. The summed E-state index contributed by atoms with van der Waals surface area (Å²) >= 11 is 0. The Morgan fingerprint density at radius 1 is 1.45 bits per heavy atom. The molecule has 3 rings (SSSR count). The molecule has 6 heteroatoms. The maximum absolute atomic E-state index is 9.65. The first-order chi connectivity index (χ1) is 9.71. The molecule has 1 aromatic rings. The summed E-state index contributed by atoms with van der Waals surface area (Å²) in [6.07, 6.45) is 3.93. The fourth-order valence-electron chi connectivity index (χ4n) is 3.10. The highest BCUT2D eigenvalue weighted by molar-refractivity contribution is 5.39. The van der Waals surface area contributed by atoms with Crippen LogP contribution < -0.4 is 4.90 Å². The number of nitrogens with zero attached hydrogens (tertiary/aromatic N) is 3. The van der Waals surface area contributed by atoms with E-state index in [9.17, 15) is 5.11 Å². The summed E-state index contributed by atoms with van der Waals surface area (Å²) in [5.74, 6) is 0.945. The first kappa shape index (κ1) is 13.7. The van der Waals surface area contributed by atoms with Crippen LogP contribution >= 0.6 is 0 Å². The van der Waals surface area contributed by atoms with E-state index in [2.05, 4.69) is 14.9 Å². The van der Waals surface area contributed by atoms with Crippen LogP contribution in [-0.4, -0.2) is 53.6 Å². The lowest BCUT2D eigenvalue weighted by molar-refractivity contribution is -0.0167. The van der Waals surface area contributed by atoms with Crippen molar-refractivity contribution in [2.24, 2.45) is 0 Å². The molecule has 1 N–H and O–H groups in total. The van der Waals surface area contributed by atoms with Gasteiger partial charge >= 0.3 is 0 Å². The predicted molar refractivity (Wildman–Crippen MR) is 73.5 cm³/mol. The zero-order valence-electron chi connectivity index (χ0n) is 11.8. The third-order valence-electron chi connectivity index (χ3n) is 4.19. The monoisotopic (exact) mass is 279 g/mol. The molecular formula is C14H21N3O3. The van der Waals surface area contributed by atoms with Crippen molar-refractivity contribution in [3.05, 3.63) is 18.1 Å². The van der Waals surface area contributed by atoms with Crippen LogP contribution in [0.15, 0.2) is 12.4 Å². The molecule has 2 aliphatic heterocycles. The lowest BCUT2D eigenvalue weighted by Gasteiger charge is -2.39. The number of piperidine rings is 1. The highest BCUT2D eigenvalue weighted by Crippen LogP contribution is 2.36. The third-order valence-corrected chi connectivity index (χ3v) is 4.19. The highest BCUT2D eigenvalue weighted by Gasteiger charge is 2.42. The number of ether oxygens (including phenoxy) is 2. The van der Waals surface area contributed by atoms with Gasteiger partial charge in [-0.05, 0) is 12.8 Å². The Morgan fingerprint density at radius 3 is 2.90 bits per heavy atom. The van der Waals surface area contributed by atoms with Crippen LogP contribution in [0.25, 0.3) is 0 Å². The maximum Gasteiger partial charge on any atom is 0.132 e. The number of methoxy groups -OCH3 is 1. The molecular weight excluding hydrogens is 258 g/mol. The molecule has 1 unspecified atom stereocenters. The Morgan fingerprint density at radius 2 is 2.25 bits per heavy atom. The number of aliphatic hydroxyl groups is 1. The van der Waals surface area contributed by atoms with Crippen molar-refractivity contribution in [3.8, 4) is 0 Å². The van der Waals surface area contributed by atoms with E-state index in [1.165, 1.54) is 0 Å². The van der Waals surface area contributed by atoms with E-state index in [4.69, 9.17) is 9.47 Å². The van der Waals surface area contributed by atoms with Gasteiger partial charge in [-0.2, -0.15) is 0 Å². The van der Waals surface area contributed by atoms with Crippen molar-refractivity contribution in [1.29, 1.82) is 0 Å². The smallest absolute Gasteiger partial charge is 0.132 e. The number of rotatable bonds is 3. The highest BCUT2D eigenvalue weighted by atomic mass is 16.5. The largest absolute Gasteiger partial charge is 0.391 e. The lowest BCUT2D eigenvalue weighted by Crippen LogP contribution is -2.44. The van der Waals surface area contributed by atoms with Crippen LogP contribution in [0.1, 0.15) is 25.0 Å². The SMILES string of the molecule is COCc1cc(N2CCC3(CC2)CC(O)CO3)ncn1. The molecule has 2 fully saturated rings. The molecule has 0 bridgehead atoms. The number of aliphatic hydroxyl groups excluding tert-OH is 1. The minimum atomic E-state index is -0.297. The molecule has 110 valence electrons. The average Bonchev–Trinajstić information content (AvgIpc) is 2.81. The van der Waals surface area contributed by atoms with Gasteiger partial charge in [0.15, 0.2) is 0 Å². The first-order valence-electron chi connectivity index (χ1n) is 7.08. The summed E-state index contributed by atoms with van der Waals surface area (Å²) in [4.78, 5) is 10.8. The third kappa shape index (κ3) is 2.77. The van der Waals surface area contributed by atoms with Crippen molar-refractivity contribution in [2.45, 2.75) is 37.6 Å². The fourth-order valence-corrected chi connectivity index (χ4v) is 3.10. The second-order valence-corrected chi connectivity index (χ2v) is 5.64. The van der Waals surface area contributed by atoms with Crippen molar-refractivity contribution < 1.29 is 14.6 Å². The van der Waals surface area contributed by atoms with Crippen LogP contribution in [0.4, 0.5) is 5.82 Å². The molecule has 1 spiro atoms. The zero-order valence-corrected chi connectivity index (χ0v) is 11.8. The Kier molecular flexibility index (Phi) is 3.87. The minimum absolute atomic E-state index is 0.113. The van der Waals surface area contributed by atoms with Crippen LogP contribution in [0, 0.1) is 0 Å². The number of hydrogen-bond acceptors (Lipinski definition) is 6. The van der Waals surface area contributed by atoms with Gasteiger partial charge in [0.05, 0.1) is 30.6 Å². The van der Waals surface area contributed by atoms with Gasteiger partial charge in [0.1, 0.15) is 12.1 Å². The lowest BCUT2D eigenvalue weighted by atomic mass is 9.88. The number of aromatic nitrogens is 2.